The van der Waals surface area contributed by atoms with Crippen LogP contribution in [0.25, 0.3) is 0 Å². The first kappa shape index (κ1) is 27.4. The second kappa shape index (κ2) is 11.4. The predicted molar refractivity (Wildman–Crippen MR) is 146 cm³/mol. The maximum Gasteiger partial charge on any atom is 0.233 e. The van der Waals surface area contributed by atoms with E-state index in [0.717, 1.165) is 0 Å². The lowest BCUT2D eigenvalue weighted by atomic mass is 9.93. The van der Waals surface area contributed by atoms with Gasteiger partial charge in [-0.2, -0.15) is 0 Å². The van der Waals surface area contributed by atoms with Crippen LogP contribution in [0.4, 0.5) is 15.9 Å². The molecule has 2 amide bonds. The molecule has 1 aromatic heterocycles. The number of thioether (sulfide) groups is 1. The summed E-state index contributed by atoms with van der Waals surface area (Å²) in [6.45, 7) is 12.0. The normalized spacial score (nSPS) is 18.8. The summed E-state index contributed by atoms with van der Waals surface area (Å²) in [6, 6.07) is 8.47. The van der Waals surface area contributed by atoms with Crippen LogP contribution in [0.2, 0.25) is 5.15 Å². The fraction of sp³-hybridized carbons (Fsp3) is 0.538. The summed E-state index contributed by atoms with van der Waals surface area (Å²) in [5.41, 5.74) is 0.150. The number of carbonyl (C=O) groups excluding carboxylic acids is 2. The van der Waals surface area contributed by atoms with Crippen LogP contribution >= 0.6 is 23.4 Å². The van der Waals surface area contributed by atoms with Crippen molar-refractivity contribution in [3.8, 4) is 0 Å². The fourth-order valence-corrected chi connectivity index (χ4v) is 5.62. The van der Waals surface area contributed by atoms with Crippen molar-refractivity contribution in [3.05, 3.63) is 41.3 Å². The molecule has 37 heavy (non-hydrogen) atoms. The summed E-state index contributed by atoms with van der Waals surface area (Å²) >= 11 is 7.57. The Kier molecular flexibility index (Phi) is 8.48. The molecule has 8 nitrogen and oxygen atoms in total. The van der Waals surface area contributed by atoms with Crippen LogP contribution in [0.3, 0.4) is 0 Å². The van der Waals surface area contributed by atoms with Crippen molar-refractivity contribution in [3.63, 3.8) is 0 Å². The van der Waals surface area contributed by atoms with E-state index in [4.69, 9.17) is 11.6 Å². The molecule has 11 heteroatoms. The molecule has 1 atom stereocenters. The van der Waals surface area contributed by atoms with Gasteiger partial charge < -0.3 is 19.6 Å². The van der Waals surface area contributed by atoms with Crippen molar-refractivity contribution in [2.24, 2.45) is 5.41 Å². The van der Waals surface area contributed by atoms with Crippen LogP contribution in [0.5, 0.6) is 0 Å². The minimum Gasteiger partial charge on any atom is -0.366 e. The van der Waals surface area contributed by atoms with Gasteiger partial charge in [0, 0.05) is 63.3 Å². The molecule has 4 rings (SSSR count). The first-order valence-electron chi connectivity index (χ1n) is 12.5. The average Bonchev–Trinajstić information content (AvgIpc) is 2.86. The molecule has 0 bridgehead atoms. The molecule has 1 aromatic carbocycles. The summed E-state index contributed by atoms with van der Waals surface area (Å²) in [5, 5.41) is 0.765. The zero-order valence-corrected chi connectivity index (χ0v) is 23.4. The van der Waals surface area contributed by atoms with Gasteiger partial charge in [0.25, 0.3) is 0 Å². The van der Waals surface area contributed by atoms with Crippen molar-refractivity contribution in [2.45, 2.75) is 38.9 Å². The van der Waals surface area contributed by atoms with E-state index in [2.05, 4.69) is 14.9 Å². The molecule has 0 aliphatic carbocycles. The van der Waals surface area contributed by atoms with Gasteiger partial charge in [-0.25, -0.2) is 14.4 Å². The van der Waals surface area contributed by atoms with Gasteiger partial charge in [0.05, 0.1) is 11.4 Å². The van der Waals surface area contributed by atoms with Gasteiger partial charge in [-0.1, -0.05) is 56.3 Å². The highest BCUT2D eigenvalue weighted by Gasteiger charge is 2.34. The Morgan fingerprint density at radius 1 is 1.05 bits per heavy atom. The smallest absolute Gasteiger partial charge is 0.233 e. The van der Waals surface area contributed by atoms with E-state index in [0.29, 0.717) is 67.6 Å². The van der Waals surface area contributed by atoms with Crippen molar-refractivity contribution < 1.29 is 14.0 Å². The molecule has 0 spiro atoms. The highest BCUT2D eigenvalue weighted by Crippen LogP contribution is 2.27. The van der Waals surface area contributed by atoms with E-state index in [9.17, 15) is 14.0 Å². The Morgan fingerprint density at radius 3 is 2.38 bits per heavy atom. The second-order valence-corrected chi connectivity index (χ2v) is 11.8. The minimum absolute atomic E-state index is 0.00811. The summed E-state index contributed by atoms with van der Waals surface area (Å²) in [4.78, 5) is 42.4. The van der Waals surface area contributed by atoms with Crippen molar-refractivity contribution in [1.29, 1.82) is 0 Å². The summed E-state index contributed by atoms with van der Waals surface area (Å²) in [5.74, 6) is 0.784. The van der Waals surface area contributed by atoms with Crippen molar-refractivity contribution in [2.75, 3.05) is 61.4 Å². The molecule has 2 aromatic rings. The minimum atomic E-state index is -0.421. The lowest BCUT2D eigenvalue weighted by molar-refractivity contribution is -0.142. The van der Waals surface area contributed by atoms with Gasteiger partial charge in [-0.15, -0.1) is 0 Å². The fourth-order valence-electron chi connectivity index (χ4n) is 4.63. The monoisotopic (exact) mass is 548 g/mol. The quantitative estimate of drug-likeness (QED) is 0.320. The topological polar surface area (TPSA) is 72.9 Å². The first-order valence-corrected chi connectivity index (χ1v) is 13.9. The Bertz CT molecular complexity index is 1140. The predicted octanol–water partition coefficient (Wildman–Crippen LogP) is 3.79. The lowest BCUT2D eigenvalue weighted by Crippen LogP contribution is -2.56. The first-order chi connectivity index (χ1) is 17.5. The number of nitrogens with zero attached hydrogens (tertiary/aromatic N) is 6. The third-order valence-electron chi connectivity index (χ3n) is 6.67. The molecule has 2 fully saturated rings. The van der Waals surface area contributed by atoms with Gasteiger partial charge in [-0.05, 0) is 19.1 Å². The van der Waals surface area contributed by atoms with Crippen LogP contribution in [0, 0.1) is 11.2 Å². The van der Waals surface area contributed by atoms with Crippen LogP contribution in [0.15, 0.2) is 35.5 Å². The Labute approximate surface area is 227 Å². The third kappa shape index (κ3) is 6.65. The number of rotatable bonds is 5. The van der Waals surface area contributed by atoms with E-state index in [1.54, 1.807) is 23.1 Å². The van der Waals surface area contributed by atoms with E-state index in [1.807, 2.05) is 43.6 Å². The number of halogens is 2. The van der Waals surface area contributed by atoms with Crippen molar-refractivity contribution in [1.82, 2.24) is 19.8 Å². The number of carbonyl (C=O) groups is 2. The molecule has 200 valence electrons. The zero-order chi connectivity index (χ0) is 26.7. The van der Waals surface area contributed by atoms with Gasteiger partial charge in [0.1, 0.15) is 16.8 Å². The molecule has 2 saturated heterocycles. The van der Waals surface area contributed by atoms with Crippen LogP contribution in [0.1, 0.15) is 27.7 Å². The maximum atomic E-state index is 14.1. The molecule has 2 aliphatic rings. The summed E-state index contributed by atoms with van der Waals surface area (Å²) in [6.07, 6.45) is 0. The summed E-state index contributed by atoms with van der Waals surface area (Å²) in [7, 11) is 0. The zero-order valence-electron chi connectivity index (χ0n) is 21.8. The Morgan fingerprint density at radius 2 is 1.73 bits per heavy atom. The molecule has 2 aliphatic heterocycles. The largest absolute Gasteiger partial charge is 0.366 e. The maximum absolute atomic E-state index is 14.1. The van der Waals surface area contributed by atoms with Crippen LogP contribution in [-0.4, -0.2) is 89.2 Å². The van der Waals surface area contributed by atoms with Crippen LogP contribution in [-0.2, 0) is 9.59 Å². The lowest BCUT2D eigenvalue weighted by Gasteiger charge is -2.42. The molecule has 1 unspecified atom stereocenters. The summed E-state index contributed by atoms with van der Waals surface area (Å²) < 4.78 is 14.1. The van der Waals surface area contributed by atoms with Gasteiger partial charge in [0.15, 0.2) is 5.16 Å². The van der Waals surface area contributed by atoms with E-state index < -0.39 is 5.41 Å². The van der Waals surface area contributed by atoms with Gasteiger partial charge >= 0.3 is 0 Å². The molecule has 0 saturated carbocycles. The highest BCUT2D eigenvalue weighted by atomic mass is 35.5. The average molecular weight is 549 g/mol. The number of para-hydroxylation sites is 1. The van der Waals surface area contributed by atoms with Gasteiger partial charge in [-0.3, -0.25) is 9.59 Å². The number of hydrogen-bond donors (Lipinski definition) is 0. The number of piperazine rings is 2. The second-order valence-electron chi connectivity index (χ2n) is 10.5. The van der Waals surface area contributed by atoms with E-state index in [1.165, 1.54) is 17.8 Å². The molecule has 0 N–H and O–H groups in total. The number of anilines is 2. The van der Waals surface area contributed by atoms with Gasteiger partial charge in [0.2, 0.25) is 11.8 Å². The molecular formula is C26H34ClFN6O2S. The number of amides is 2. The van der Waals surface area contributed by atoms with Crippen LogP contribution < -0.4 is 9.80 Å². The van der Waals surface area contributed by atoms with E-state index in [-0.39, 0.29) is 29.4 Å². The number of benzene rings is 1. The van der Waals surface area contributed by atoms with E-state index >= 15 is 0 Å². The molecule has 0 radical (unpaired) electrons. The number of hydrogen-bond acceptors (Lipinski definition) is 7. The number of aromatic nitrogens is 2. The Balaban J connectivity index is 1.32. The third-order valence-corrected chi connectivity index (χ3v) is 7.69. The highest BCUT2D eigenvalue weighted by molar-refractivity contribution is 7.99. The Hall–Kier alpha value is -2.59. The van der Waals surface area contributed by atoms with Crippen molar-refractivity contribution >= 4 is 46.7 Å². The SMILES string of the molecule is CC1CN(c2cc(Cl)nc(SCC(=O)N3CCN(c4ccccc4F)CC3)n2)CCN1C(=O)C(C)(C)C. The molecular weight excluding hydrogens is 515 g/mol. The standard InChI is InChI=1S/C26H34ClFN6O2S/c1-18-16-33(13-14-34(18)24(36)26(2,3)4)22-15-21(27)29-25(30-22)37-17-23(35)32-11-9-31(10-12-32)20-8-6-5-7-19(20)28/h5-8,15,18H,9-14,16-17H2,1-4H3. The molecule has 3 heterocycles.